The summed E-state index contributed by atoms with van der Waals surface area (Å²) in [6, 6.07) is 14.7. The SMILES string of the molecule is CS(=O)(=O)N(CC(=O)NCCSc1ccccc1)c1ccc(F)cc1. The molecule has 0 aliphatic rings. The van der Waals surface area contributed by atoms with Gasteiger partial charge in [-0.15, -0.1) is 11.8 Å². The minimum Gasteiger partial charge on any atom is -0.354 e. The van der Waals surface area contributed by atoms with Crippen LogP contribution in [0.4, 0.5) is 10.1 Å². The number of thioether (sulfide) groups is 1. The Hall–Kier alpha value is -2.06. The van der Waals surface area contributed by atoms with Crippen molar-refractivity contribution in [1.29, 1.82) is 0 Å². The van der Waals surface area contributed by atoms with Crippen molar-refractivity contribution in [1.82, 2.24) is 5.32 Å². The van der Waals surface area contributed by atoms with Crippen molar-refractivity contribution >= 4 is 33.4 Å². The van der Waals surface area contributed by atoms with Crippen molar-refractivity contribution in [3.05, 3.63) is 60.4 Å². The average molecular weight is 382 g/mol. The van der Waals surface area contributed by atoms with E-state index in [0.29, 0.717) is 12.3 Å². The second-order valence-corrected chi connectivity index (χ2v) is 8.33. The fraction of sp³-hybridized carbons (Fsp3) is 0.235. The van der Waals surface area contributed by atoms with Crippen LogP contribution in [-0.2, 0) is 14.8 Å². The zero-order chi connectivity index (χ0) is 18.3. The largest absolute Gasteiger partial charge is 0.354 e. The minimum absolute atomic E-state index is 0.248. The van der Waals surface area contributed by atoms with E-state index in [4.69, 9.17) is 0 Å². The summed E-state index contributed by atoms with van der Waals surface area (Å²) in [7, 11) is -3.65. The van der Waals surface area contributed by atoms with Gasteiger partial charge < -0.3 is 5.32 Å². The van der Waals surface area contributed by atoms with Gasteiger partial charge in [-0.3, -0.25) is 9.10 Å². The number of carbonyl (C=O) groups is 1. The predicted octanol–water partition coefficient (Wildman–Crippen LogP) is 2.50. The molecule has 134 valence electrons. The van der Waals surface area contributed by atoms with Gasteiger partial charge in [0.15, 0.2) is 0 Å². The molecule has 0 aliphatic carbocycles. The van der Waals surface area contributed by atoms with E-state index in [1.165, 1.54) is 12.1 Å². The molecule has 2 aromatic carbocycles. The number of sulfonamides is 1. The molecule has 8 heteroatoms. The lowest BCUT2D eigenvalue weighted by Crippen LogP contribution is -2.41. The standard InChI is InChI=1S/C17H19FN2O3S2/c1-25(22,23)20(15-9-7-14(18)8-10-15)13-17(21)19-11-12-24-16-5-3-2-4-6-16/h2-10H,11-13H2,1H3,(H,19,21). The molecule has 2 aromatic rings. The maximum Gasteiger partial charge on any atom is 0.240 e. The molecule has 0 saturated heterocycles. The number of nitrogens with zero attached hydrogens (tertiary/aromatic N) is 1. The van der Waals surface area contributed by atoms with Crippen LogP contribution in [-0.4, -0.2) is 39.4 Å². The number of rotatable bonds is 8. The van der Waals surface area contributed by atoms with Gasteiger partial charge in [0.2, 0.25) is 15.9 Å². The molecule has 0 heterocycles. The molecular weight excluding hydrogens is 363 g/mol. The monoisotopic (exact) mass is 382 g/mol. The van der Waals surface area contributed by atoms with Crippen LogP contribution in [0.5, 0.6) is 0 Å². The molecule has 1 amide bonds. The molecule has 1 N–H and O–H groups in total. The molecule has 0 radical (unpaired) electrons. The topological polar surface area (TPSA) is 66.5 Å². The number of carbonyl (C=O) groups excluding carboxylic acids is 1. The Morgan fingerprint density at radius 1 is 1.12 bits per heavy atom. The van der Waals surface area contributed by atoms with E-state index >= 15 is 0 Å². The van der Waals surface area contributed by atoms with Gasteiger partial charge in [0.1, 0.15) is 12.4 Å². The van der Waals surface area contributed by atoms with Crippen molar-refractivity contribution in [2.75, 3.05) is 29.4 Å². The number of hydrogen-bond acceptors (Lipinski definition) is 4. The van der Waals surface area contributed by atoms with Gasteiger partial charge >= 0.3 is 0 Å². The molecule has 0 unspecified atom stereocenters. The fourth-order valence-corrected chi connectivity index (χ4v) is 3.72. The van der Waals surface area contributed by atoms with Crippen molar-refractivity contribution in [3.63, 3.8) is 0 Å². The van der Waals surface area contributed by atoms with Crippen LogP contribution in [0.1, 0.15) is 0 Å². The highest BCUT2D eigenvalue weighted by molar-refractivity contribution is 7.99. The lowest BCUT2D eigenvalue weighted by atomic mass is 10.3. The Balaban J connectivity index is 1.88. The van der Waals surface area contributed by atoms with Gasteiger partial charge in [-0.1, -0.05) is 18.2 Å². The number of hydrogen-bond donors (Lipinski definition) is 1. The normalized spacial score (nSPS) is 11.1. The summed E-state index contributed by atoms with van der Waals surface area (Å²) in [5.41, 5.74) is 0.248. The van der Waals surface area contributed by atoms with E-state index in [0.717, 1.165) is 27.6 Å². The molecule has 5 nitrogen and oxygen atoms in total. The Bertz CT molecular complexity index is 796. The number of halogens is 1. The quantitative estimate of drug-likeness (QED) is 0.563. The highest BCUT2D eigenvalue weighted by Gasteiger charge is 2.20. The van der Waals surface area contributed by atoms with Crippen molar-refractivity contribution in [2.24, 2.45) is 0 Å². The summed E-state index contributed by atoms with van der Waals surface area (Å²) in [5.74, 6) is -0.214. The van der Waals surface area contributed by atoms with Gasteiger partial charge in [-0.25, -0.2) is 12.8 Å². The van der Waals surface area contributed by atoms with Crippen molar-refractivity contribution in [3.8, 4) is 0 Å². The molecule has 0 atom stereocenters. The zero-order valence-electron chi connectivity index (χ0n) is 13.7. The molecule has 0 saturated carbocycles. The smallest absolute Gasteiger partial charge is 0.240 e. The highest BCUT2D eigenvalue weighted by Crippen LogP contribution is 2.18. The summed E-state index contributed by atoms with van der Waals surface area (Å²) in [5, 5.41) is 2.70. The van der Waals surface area contributed by atoms with Gasteiger partial charge in [-0.05, 0) is 36.4 Å². The molecule has 0 aliphatic heterocycles. The first kappa shape index (κ1) is 19.3. The van der Waals surface area contributed by atoms with Crippen LogP contribution < -0.4 is 9.62 Å². The van der Waals surface area contributed by atoms with Crippen LogP contribution in [0, 0.1) is 5.82 Å². The first-order valence-corrected chi connectivity index (χ1v) is 10.4. The summed E-state index contributed by atoms with van der Waals surface area (Å²) < 4.78 is 37.8. The number of nitrogens with one attached hydrogen (secondary N) is 1. The van der Waals surface area contributed by atoms with Gasteiger partial charge in [0.05, 0.1) is 11.9 Å². The molecular formula is C17H19FN2O3S2. The third-order valence-electron chi connectivity index (χ3n) is 3.24. The number of amides is 1. The van der Waals surface area contributed by atoms with Crippen LogP contribution in [0.3, 0.4) is 0 Å². The van der Waals surface area contributed by atoms with Crippen LogP contribution in [0.2, 0.25) is 0 Å². The summed E-state index contributed by atoms with van der Waals surface area (Å²) in [4.78, 5) is 13.1. The van der Waals surface area contributed by atoms with Gasteiger partial charge in [-0.2, -0.15) is 0 Å². The maximum absolute atomic E-state index is 13.0. The Morgan fingerprint density at radius 2 is 1.76 bits per heavy atom. The summed E-state index contributed by atoms with van der Waals surface area (Å²) in [6.45, 7) is 0.0693. The molecule has 0 bridgehead atoms. The second-order valence-electron chi connectivity index (χ2n) is 5.26. The van der Waals surface area contributed by atoms with E-state index in [9.17, 15) is 17.6 Å². The van der Waals surface area contributed by atoms with Gasteiger partial charge in [0, 0.05) is 17.2 Å². The first-order valence-electron chi connectivity index (χ1n) is 7.54. The molecule has 0 spiro atoms. The van der Waals surface area contributed by atoms with E-state index in [1.807, 2.05) is 30.3 Å². The van der Waals surface area contributed by atoms with E-state index in [-0.39, 0.29) is 12.2 Å². The van der Waals surface area contributed by atoms with E-state index < -0.39 is 21.7 Å². The van der Waals surface area contributed by atoms with Crippen molar-refractivity contribution < 1.29 is 17.6 Å². The van der Waals surface area contributed by atoms with E-state index in [1.54, 1.807) is 11.8 Å². The highest BCUT2D eigenvalue weighted by atomic mass is 32.2. The Kier molecular flexibility index (Phi) is 6.83. The van der Waals surface area contributed by atoms with Crippen LogP contribution in [0.25, 0.3) is 0 Å². The maximum atomic E-state index is 13.0. The molecule has 0 aromatic heterocycles. The number of anilines is 1. The lowest BCUT2D eigenvalue weighted by Gasteiger charge is -2.21. The summed E-state index contributed by atoms with van der Waals surface area (Å²) in [6.07, 6.45) is 1.01. The molecule has 25 heavy (non-hydrogen) atoms. The second kappa shape index (κ2) is 8.87. The Morgan fingerprint density at radius 3 is 2.36 bits per heavy atom. The van der Waals surface area contributed by atoms with Crippen LogP contribution >= 0.6 is 11.8 Å². The predicted molar refractivity (Wildman–Crippen MR) is 98.8 cm³/mol. The number of benzene rings is 2. The lowest BCUT2D eigenvalue weighted by molar-refractivity contribution is -0.119. The van der Waals surface area contributed by atoms with Crippen molar-refractivity contribution in [2.45, 2.75) is 4.90 Å². The van der Waals surface area contributed by atoms with Gasteiger partial charge in [0.25, 0.3) is 0 Å². The van der Waals surface area contributed by atoms with E-state index in [2.05, 4.69) is 5.32 Å². The zero-order valence-corrected chi connectivity index (χ0v) is 15.3. The van der Waals surface area contributed by atoms with Crippen LogP contribution in [0.15, 0.2) is 59.5 Å². The average Bonchev–Trinajstić information content (AvgIpc) is 2.57. The Labute approximate surface area is 151 Å². The molecule has 0 fully saturated rings. The fourth-order valence-electron chi connectivity index (χ4n) is 2.07. The summed E-state index contributed by atoms with van der Waals surface area (Å²) >= 11 is 1.60. The first-order chi connectivity index (χ1) is 11.9. The third-order valence-corrected chi connectivity index (χ3v) is 5.39. The minimum atomic E-state index is -3.65. The third kappa shape index (κ3) is 6.39. The molecule has 2 rings (SSSR count).